The lowest BCUT2D eigenvalue weighted by atomic mass is 10.0. The van der Waals surface area contributed by atoms with E-state index >= 15 is 0 Å². The predicted molar refractivity (Wildman–Crippen MR) is 74.9 cm³/mol. The Morgan fingerprint density at radius 3 is 2.79 bits per heavy atom. The van der Waals surface area contributed by atoms with Crippen LogP contribution in [0.15, 0.2) is 4.52 Å². The van der Waals surface area contributed by atoms with Gasteiger partial charge in [0.2, 0.25) is 5.89 Å². The van der Waals surface area contributed by atoms with Crippen LogP contribution in [0.2, 0.25) is 0 Å². The molecule has 2 rings (SSSR count). The smallest absolute Gasteiger partial charge is 0.240 e. The molecule has 1 saturated heterocycles. The van der Waals surface area contributed by atoms with Crippen molar-refractivity contribution >= 4 is 0 Å². The van der Waals surface area contributed by atoms with E-state index in [0.29, 0.717) is 6.04 Å². The maximum atomic E-state index is 5.37. The SMILES string of the molecule is CCCCc1noc(CN(CC)C2CCNCC2)n1. The summed E-state index contributed by atoms with van der Waals surface area (Å²) < 4.78 is 5.37. The van der Waals surface area contributed by atoms with Gasteiger partial charge in [-0.3, -0.25) is 4.90 Å². The van der Waals surface area contributed by atoms with Crippen LogP contribution in [-0.4, -0.2) is 40.7 Å². The van der Waals surface area contributed by atoms with Gasteiger partial charge in [0, 0.05) is 12.5 Å². The van der Waals surface area contributed by atoms with Crippen LogP contribution in [0.3, 0.4) is 0 Å². The van der Waals surface area contributed by atoms with Gasteiger partial charge in [-0.2, -0.15) is 4.98 Å². The number of aromatic nitrogens is 2. The molecule has 1 N–H and O–H groups in total. The van der Waals surface area contributed by atoms with Crippen molar-refractivity contribution in [1.29, 1.82) is 0 Å². The average Bonchev–Trinajstić information content (AvgIpc) is 2.91. The van der Waals surface area contributed by atoms with Crippen molar-refractivity contribution in [2.75, 3.05) is 19.6 Å². The lowest BCUT2D eigenvalue weighted by Crippen LogP contribution is -2.42. The van der Waals surface area contributed by atoms with Crippen LogP contribution < -0.4 is 5.32 Å². The zero-order valence-corrected chi connectivity index (χ0v) is 12.2. The summed E-state index contributed by atoms with van der Waals surface area (Å²) >= 11 is 0. The third-order valence-corrected chi connectivity index (χ3v) is 3.83. The lowest BCUT2D eigenvalue weighted by molar-refractivity contribution is 0.144. The molecule has 0 bridgehead atoms. The fraction of sp³-hybridized carbons (Fsp3) is 0.857. The van der Waals surface area contributed by atoms with E-state index in [9.17, 15) is 0 Å². The first kappa shape index (κ1) is 14.5. The number of nitrogens with zero attached hydrogens (tertiary/aromatic N) is 3. The summed E-state index contributed by atoms with van der Waals surface area (Å²) in [4.78, 5) is 6.95. The second-order valence-electron chi connectivity index (χ2n) is 5.25. The zero-order valence-electron chi connectivity index (χ0n) is 12.2. The minimum atomic E-state index is 0.650. The first-order valence-electron chi connectivity index (χ1n) is 7.59. The molecule has 5 heteroatoms. The van der Waals surface area contributed by atoms with Crippen molar-refractivity contribution < 1.29 is 4.52 Å². The molecule has 0 amide bonds. The van der Waals surface area contributed by atoms with Gasteiger partial charge in [0.1, 0.15) is 0 Å². The Morgan fingerprint density at radius 1 is 1.32 bits per heavy atom. The molecule has 0 aliphatic carbocycles. The number of hydrogen-bond donors (Lipinski definition) is 1. The van der Waals surface area contributed by atoms with E-state index < -0.39 is 0 Å². The molecule has 1 aromatic heterocycles. The van der Waals surface area contributed by atoms with Crippen molar-refractivity contribution in [2.45, 2.75) is 58.5 Å². The Balaban J connectivity index is 1.88. The van der Waals surface area contributed by atoms with Gasteiger partial charge in [-0.05, 0) is 38.9 Å². The van der Waals surface area contributed by atoms with Crippen LogP contribution in [0.5, 0.6) is 0 Å². The van der Waals surface area contributed by atoms with Gasteiger partial charge < -0.3 is 9.84 Å². The Hall–Kier alpha value is -0.940. The summed E-state index contributed by atoms with van der Waals surface area (Å²) in [5, 5.41) is 7.47. The molecule has 0 radical (unpaired) electrons. The topological polar surface area (TPSA) is 54.2 Å². The van der Waals surface area contributed by atoms with Crippen molar-refractivity contribution in [3.8, 4) is 0 Å². The summed E-state index contributed by atoms with van der Waals surface area (Å²) in [5.74, 6) is 1.63. The summed E-state index contributed by atoms with van der Waals surface area (Å²) in [6, 6.07) is 0.650. The van der Waals surface area contributed by atoms with Gasteiger partial charge in [-0.1, -0.05) is 25.4 Å². The first-order chi connectivity index (χ1) is 9.33. The third-order valence-electron chi connectivity index (χ3n) is 3.83. The first-order valence-corrected chi connectivity index (χ1v) is 7.59. The summed E-state index contributed by atoms with van der Waals surface area (Å²) in [7, 11) is 0. The second-order valence-corrected chi connectivity index (χ2v) is 5.25. The molecular weight excluding hydrogens is 240 g/mol. The maximum Gasteiger partial charge on any atom is 0.240 e. The predicted octanol–water partition coefficient (Wildman–Crippen LogP) is 1.99. The molecule has 1 fully saturated rings. The molecule has 5 nitrogen and oxygen atoms in total. The Kier molecular flexibility index (Phi) is 5.79. The Morgan fingerprint density at radius 2 is 2.11 bits per heavy atom. The molecular formula is C14H26N4O. The molecule has 0 atom stereocenters. The van der Waals surface area contributed by atoms with Gasteiger partial charge in [-0.25, -0.2) is 0 Å². The van der Waals surface area contributed by atoms with E-state index in [4.69, 9.17) is 4.52 Å². The van der Waals surface area contributed by atoms with E-state index in [1.54, 1.807) is 0 Å². The molecule has 19 heavy (non-hydrogen) atoms. The van der Waals surface area contributed by atoms with Crippen LogP contribution in [0.25, 0.3) is 0 Å². The van der Waals surface area contributed by atoms with Crippen molar-refractivity contribution in [3.63, 3.8) is 0 Å². The van der Waals surface area contributed by atoms with Gasteiger partial charge in [0.15, 0.2) is 5.82 Å². The Bertz CT molecular complexity index is 360. The molecule has 1 aromatic rings. The van der Waals surface area contributed by atoms with Crippen molar-refractivity contribution in [3.05, 3.63) is 11.7 Å². The van der Waals surface area contributed by atoms with E-state index in [0.717, 1.165) is 50.7 Å². The average molecular weight is 266 g/mol. The largest absolute Gasteiger partial charge is 0.338 e. The minimum absolute atomic E-state index is 0.650. The van der Waals surface area contributed by atoms with Crippen LogP contribution in [0.1, 0.15) is 51.2 Å². The zero-order chi connectivity index (χ0) is 13.5. The van der Waals surface area contributed by atoms with E-state index in [2.05, 4.69) is 34.2 Å². The highest BCUT2D eigenvalue weighted by molar-refractivity contribution is 4.88. The maximum absolute atomic E-state index is 5.37. The Labute approximate surface area is 115 Å². The normalized spacial score (nSPS) is 17.2. The number of nitrogens with one attached hydrogen (secondary N) is 1. The van der Waals surface area contributed by atoms with Crippen LogP contribution in [0.4, 0.5) is 0 Å². The quantitative estimate of drug-likeness (QED) is 0.818. The van der Waals surface area contributed by atoms with E-state index in [-0.39, 0.29) is 0 Å². The van der Waals surface area contributed by atoms with Gasteiger partial charge in [-0.15, -0.1) is 0 Å². The summed E-state index contributed by atoms with van der Waals surface area (Å²) in [6.07, 6.45) is 5.65. The molecule has 1 aliphatic heterocycles. The highest BCUT2D eigenvalue weighted by Gasteiger charge is 2.21. The summed E-state index contributed by atoms with van der Waals surface area (Å²) in [6.45, 7) is 8.45. The van der Waals surface area contributed by atoms with Crippen LogP contribution in [0, 0.1) is 0 Å². The standard InChI is InChI=1S/C14H26N4O/c1-3-5-6-13-16-14(19-17-13)11-18(4-2)12-7-9-15-10-8-12/h12,15H,3-11H2,1-2H3. The van der Waals surface area contributed by atoms with E-state index in [1.165, 1.54) is 19.3 Å². The molecule has 0 saturated carbocycles. The fourth-order valence-electron chi connectivity index (χ4n) is 2.64. The molecule has 0 aromatic carbocycles. The van der Waals surface area contributed by atoms with Gasteiger partial charge in [0.05, 0.1) is 6.54 Å². The highest BCUT2D eigenvalue weighted by atomic mass is 16.5. The molecule has 0 unspecified atom stereocenters. The minimum Gasteiger partial charge on any atom is -0.338 e. The van der Waals surface area contributed by atoms with Gasteiger partial charge in [0.25, 0.3) is 0 Å². The molecule has 108 valence electrons. The number of unbranched alkanes of at least 4 members (excludes halogenated alkanes) is 1. The third kappa shape index (κ3) is 4.28. The number of hydrogen-bond acceptors (Lipinski definition) is 5. The van der Waals surface area contributed by atoms with E-state index in [1.807, 2.05) is 0 Å². The number of piperidine rings is 1. The number of aryl methyl sites for hydroxylation is 1. The van der Waals surface area contributed by atoms with Crippen molar-refractivity contribution in [2.24, 2.45) is 0 Å². The molecule has 0 spiro atoms. The highest BCUT2D eigenvalue weighted by Crippen LogP contribution is 2.14. The summed E-state index contributed by atoms with van der Waals surface area (Å²) in [5.41, 5.74) is 0. The van der Waals surface area contributed by atoms with Crippen LogP contribution in [-0.2, 0) is 13.0 Å². The number of rotatable bonds is 7. The molecule has 2 heterocycles. The molecule has 1 aliphatic rings. The van der Waals surface area contributed by atoms with Crippen molar-refractivity contribution in [1.82, 2.24) is 20.4 Å². The van der Waals surface area contributed by atoms with Crippen LogP contribution >= 0.6 is 0 Å². The van der Waals surface area contributed by atoms with Gasteiger partial charge >= 0.3 is 0 Å². The monoisotopic (exact) mass is 266 g/mol. The lowest BCUT2D eigenvalue weighted by Gasteiger charge is -2.32. The fourth-order valence-corrected chi connectivity index (χ4v) is 2.64. The second kappa shape index (κ2) is 7.60.